The summed E-state index contributed by atoms with van der Waals surface area (Å²) in [5, 5.41) is 14.4. The summed E-state index contributed by atoms with van der Waals surface area (Å²) in [6.45, 7) is 12.6. The van der Waals surface area contributed by atoms with Crippen molar-refractivity contribution >= 4 is 10.9 Å². The first-order chi connectivity index (χ1) is 16.5. The third kappa shape index (κ3) is 6.51. The van der Waals surface area contributed by atoms with Crippen molar-refractivity contribution in [2.75, 3.05) is 13.1 Å². The number of aromatic amines is 1. The molecule has 0 saturated heterocycles. The third-order valence-electron chi connectivity index (χ3n) is 6.21. The molecule has 1 unspecified atom stereocenters. The number of phenols is 1. The number of hydrogen-bond donors (Lipinski definition) is 3. The summed E-state index contributed by atoms with van der Waals surface area (Å²) in [4.78, 5) is 3.70. The van der Waals surface area contributed by atoms with Crippen molar-refractivity contribution in [2.24, 2.45) is 0 Å². The molecule has 180 valence electrons. The fourth-order valence-electron chi connectivity index (χ4n) is 4.68. The molecule has 0 saturated carbocycles. The molecule has 4 aromatic rings. The molecule has 1 heterocycles. The second kappa shape index (κ2) is 12.4. The van der Waals surface area contributed by atoms with Gasteiger partial charge in [0.05, 0.1) is 5.69 Å². The lowest BCUT2D eigenvalue weighted by Crippen LogP contribution is -2.21. The van der Waals surface area contributed by atoms with Crippen molar-refractivity contribution in [3.8, 4) is 17.0 Å². The average Bonchev–Trinajstić information content (AvgIpc) is 3.23. The third-order valence-corrected chi connectivity index (χ3v) is 6.21. The summed E-state index contributed by atoms with van der Waals surface area (Å²) in [6, 6.07) is 23.0. The normalized spacial score (nSPS) is 11.8. The number of H-pyrrole nitrogens is 1. The molecule has 0 spiro atoms. The fourth-order valence-corrected chi connectivity index (χ4v) is 4.68. The Kier molecular flexibility index (Phi) is 9.35. The maximum atomic E-state index is 9.40. The minimum atomic E-state index is 0.335. The number of aryl methyl sites for hydroxylation is 3. The van der Waals surface area contributed by atoms with E-state index in [2.05, 4.69) is 73.5 Å². The van der Waals surface area contributed by atoms with Crippen LogP contribution in [0.1, 0.15) is 61.8 Å². The number of aromatic hydroxyl groups is 1. The standard InChI is InChI=1S/C29H34N2O.C2H6/c1-20-16-21(2)18-24(17-20)29-28(26-9-4-5-10-27(26)31-29)22(3)19-30-15-7-6-8-23-11-13-25(32)14-12-23;1-2/h4-5,9-14,16-18,22,30-32H,6-8,15,19H2,1-3H3;1-2H3. The van der Waals surface area contributed by atoms with Gasteiger partial charge in [0, 0.05) is 17.4 Å². The smallest absolute Gasteiger partial charge is 0.115 e. The molecule has 0 radical (unpaired) electrons. The Balaban J connectivity index is 0.00000158. The molecule has 0 amide bonds. The number of benzene rings is 3. The van der Waals surface area contributed by atoms with E-state index < -0.39 is 0 Å². The highest BCUT2D eigenvalue weighted by atomic mass is 16.3. The average molecular weight is 457 g/mol. The molecular weight excluding hydrogens is 416 g/mol. The highest BCUT2D eigenvalue weighted by molar-refractivity contribution is 5.91. The Bertz CT molecular complexity index is 1150. The Hall–Kier alpha value is -3.04. The highest BCUT2D eigenvalue weighted by Crippen LogP contribution is 2.36. The van der Waals surface area contributed by atoms with Gasteiger partial charge in [0.15, 0.2) is 0 Å². The van der Waals surface area contributed by atoms with E-state index in [-0.39, 0.29) is 0 Å². The second-order valence-electron chi connectivity index (χ2n) is 9.06. The maximum Gasteiger partial charge on any atom is 0.115 e. The van der Waals surface area contributed by atoms with Crippen LogP contribution in [0, 0.1) is 13.8 Å². The van der Waals surface area contributed by atoms with Gasteiger partial charge in [0.2, 0.25) is 0 Å². The van der Waals surface area contributed by atoms with E-state index in [0.29, 0.717) is 11.7 Å². The molecule has 4 rings (SSSR count). The first-order valence-corrected chi connectivity index (χ1v) is 12.7. The molecule has 3 aromatic carbocycles. The van der Waals surface area contributed by atoms with Gasteiger partial charge in [-0.2, -0.15) is 0 Å². The van der Waals surface area contributed by atoms with Gasteiger partial charge < -0.3 is 15.4 Å². The molecule has 3 heteroatoms. The van der Waals surface area contributed by atoms with Crippen LogP contribution in [0.3, 0.4) is 0 Å². The lowest BCUT2D eigenvalue weighted by Gasteiger charge is -2.16. The lowest BCUT2D eigenvalue weighted by molar-refractivity contribution is 0.475. The number of phenolic OH excluding ortho intramolecular Hbond substituents is 1. The van der Waals surface area contributed by atoms with Gasteiger partial charge in [-0.25, -0.2) is 0 Å². The second-order valence-corrected chi connectivity index (χ2v) is 9.06. The highest BCUT2D eigenvalue weighted by Gasteiger charge is 2.18. The van der Waals surface area contributed by atoms with Crippen LogP contribution in [-0.2, 0) is 6.42 Å². The van der Waals surface area contributed by atoms with E-state index >= 15 is 0 Å². The van der Waals surface area contributed by atoms with E-state index in [1.165, 1.54) is 44.4 Å². The Labute approximate surface area is 205 Å². The molecule has 1 atom stereocenters. The monoisotopic (exact) mass is 456 g/mol. The molecule has 0 aliphatic rings. The molecule has 34 heavy (non-hydrogen) atoms. The van der Waals surface area contributed by atoms with E-state index in [1.807, 2.05) is 26.0 Å². The van der Waals surface area contributed by atoms with Gasteiger partial charge in [-0.1, -0.05) is 68.3 Å². The molecule has 0 fully saturated rings. The predicted molar refractivity (Wildman–Crippen MR) is 147 cm³/mol. The quantitative estimate of drug-likeness (QED) is 0.224. The minimum absolute atomic E-state index is 0.335. The number of fused-ring (bicyclic) bond motifs is 1. The number of aromatic nitrogens is 1. The van der Waals surface area contributed by atoms with Crippen LogP contribution in [0.5, 0.6) is 5.75 Å². The van der Waals surface area contributed by atoms with Crippen molar-refractivity contribution in [2.45, 2.75) is 59.8 Å². The fraction of sp³-hybridized carbons (Fsp3) is 0.355. The summed E-state index contributed by atoms with van der Waals surface area (Å²) in [7, 11) is 0. The molecule has 0 aliphatic heterocycles. The zero-order valence-electron chi connectivity index (χ0n) is 21.4. The van der Waals surface area contributed by atoms with Crippen molar-refractivity contribution in [3.05, 3.63) is 89.0 Å². The zero-order valence-corrected chi connectivity index (χ0v) is 21.4. The van der Waals surface area contributed by atoms with Crippen LogP contribution >= 0.6 is 0 Å². The maximum absolute atomic E-state index is 9.40. The van der Waals surface area contributed by atoms with Gasteiger partial charge in [-0.05, 0) is 92.6 Å². The van der Waals surface area contributed by atoms with Crippen molar-refractivity contribution in [3.63, 3.8) is 0 Å². The van der Waals surface area contributed by atoms with E-state index in [1.54, 1.807) is 12.1 Å². The number of para-hydroxylation sites is 1. The first-order valence-electron chi connectivity index (χ1n) is 12.7. The Morgan fingerprint density at radius 1 is 0.882 bits per heavy atom. The first kappa shape index (κ1) is 25.6. The van der Waals surface area contributed by atoms with Crippen LogP contribution in [-0.4, -0.2) is 23.2 Å². The summed E-state index contributed by atoms with van der Waals surface area (Å²) in [6.07, 6.45) is 3.34. The summed E-state index contributed by atoms with van der Waals surface area (Å²) in [5.74, 6) is 0.737. The predicted octanol–water partition coefficient (Wildman–Crippen LogP) is 7.90. The van der Waals surface area contributed by atoms with Crippen molar-refractivity contribution in [1.29, 1.82) is 0 Å². The number of rotatable bonds is 9. The number of unbranched alkanes of at least 4 members (excludes halogenated alkanes) is 1. The molecule has 1 aromatic heterocycles. The van der Waals surface area contributed by atoms with E-state index in [0.717, 1.165) is 32.4 Å². The van der Waals surface area contributed by atoms with Gasteiger partial charge in [-0.3, -0.25) is 0 Å². The van der Waals surface area contributed by atoms with Gasteiger partial charge in [0.1, 0.15) is 5.75 Å². The van der Waals surface area contributed by atoms with Crippen LogP contribution in [0.15, 0.2) is 66.7 Å². The largest absolute Gasteiger partial charge is 0.508 e. The summed E-state index contributed by atoms with van der Waals surface area (Å²) in [5.41, 5.74) is 9.01. The SMILES string of the molecule is CC.Cc1cc(C)cc(-c2[nH]c3ccccc3c2C(C)CNCCCCc2ccc(O)cc2)c1. The van der Waals surface area contributed by atoms with E-state index in [9.17, 15) is 5.11 Å². The van der Waals surface area contributed by atoms with Crippen LogP contribution in [0.2, 0.25) is 0 Å². The van der Waals surface area contributed by atoms with Crippen LogP contribution < -0.4 is 5.32 Å². The van der Waals surface area contributed by atoms with Gasteiger partial charge >= 0.3 is 0 Å². The van der Waals surface area contributed by atoms with E-state index in [4.69, 9.17) is 0 Å². The summed E-state index contributed by atoms with van der Waals surface area (Å²) >= 11 is 0. The molecule has 0 aliphatic carbocycles. The topological polar surface area (TPSA) is 48.0 Å². The number of nitrogens with one attached hydrogen (secondary N) is 2. The molecular formula is C31H40N2O. The van der Waals surface area contributed by atoms with Crippen LogP contribution in [0.4, 0.5) is 0 Å². The Morgan fingerprint density at radius 2 is 1.56 bits per heavy atom. The lowest BCUT2D eigenvalue weighted by atomic mass is 9.93. The van der Waals surface area contributed by atoms with Gasteiger partial charge in [0.25, 0.3) is 0 Å². The van der Waals surface area contributed by atoms with Crippen LogP contribution in [0.25, 0.3) is 22.2 Å². The molecule has 0 bridgehead atoms. The van der Waals surface area contributed by atoms with Crippen molar-refractivity contribution in [1.82, 2.24) is 10.3 Å². The summed E-state index contributed by atoms with van der Waals surface area (Å²) < 4.78 is 0. The molecule has 3 N–H and O–H groups in total. The zero-order chi connectivity index (χ0) is 24.5. The van der Waals surface area contributed by atoms with Gasteiger partial charge in [-0.15, -0.1) is 0 Å². The minimum Gasteiger partial charge on any atom is -0.508 e. The Morgan fingerprint density at radius 3 is 2.26 bits per heavy atom. The molecule has 3 nitrogen and oxygen atoms in total. The number of hydrogen-bond acceptors (Lipinski definition) is 2. The van der Waals surface area contributed by atoms with Crippen molar-refractivity contribution < 1.29 is 5.11 Å².